The number of hydrogen-bond donors (Lipinski definition) is 1. The van der Waals surface area contributed by atoms with Crippen LogP contribution in [0.5, 0.6) is 28.7 Å². The van der Waals surface area contributed by atoms with Gasteiger partial charge in [-0.3, -0.25) is 19.7 Å². The van der Waals surface area contributed by atoms with E-state index in [1.807, 2.05) is 13.8 Å². The molecule has 0 spiro atoms. The fourth-order valence-electron chi connectivity index (χ4n) is 4.88. The Kier molecular flexibility index (Phi) is 8.57. The van der Waals surface area contributed by atoms with E-state index in [0.717, 1.165) is 16.7 Å². The van der Waals surface area contributed by atoms with Gasteiger partial charge in [-0.25, -0.2) is 18.5 Å². The summed E-state index contributed by atoms with van der Waals surface area (Å²) < 4.78 is 38.1. The van der Waals surface area contributed by atoms with Gasteiger partial charge in [0.2, 0.25) is 5.75 Å². The van der Waals surface area contributed by atoms with Crippen molar-refractivity contribution in [2.45, 2.75) is 33.7 Å². The molecule has 5 rings (SSSR count). The van der Waals surface area contributed by atoms with Crippen LogP contribution in [0.4, 0.5) is 14.9 Å². The Morgan fingerprint density at radius 1 is 0.889 bits per heavy atom. The molecule has 0 bridgehead atoms. The number of rotatable bonds is 8. The van der Waals surface area contributed by atoms with Crippen molar-refractivity contribution in [3.63, 3.8) is 0 Å². The molecule has 0 atom stereocenters. The highest BCUT2D eigenvalue weighted by molar-refractivity contribution is 5.89. The second kappa shape index (κ2) is 12.5. The first kappa shape index (κ1) is 30.8. The van der Waals surface area contributed by atoms with Crippen molar-refractivity contribution in [2.24, 2.45) is 0 Å². The van der Waals surface area contributed by atoms with Crippen molar-refractivity contribution < 1.29 is 28.1 Å². The van der Waals surface area contributed by atoms with Gasteiger partial charge in [0.25, 0.3) is 0 Å². The van der Waals surface area contributed by atoms with E-state index in [4.69, 9.17) is 18.9 Å². The molecule has 0 aliphatic rings. The molecule has 12 heteroatoms. The molecule has 232 valence electrons. The van der Waals surface area contributed by atoms with Gasteiger partial charge in [0.15, 0.2) is 11.5 Å². The number of aryl methyl sites for hydroxylation is 2. The first-order chi connectivity index (χ1) is 21.5. The van der Waals surface area contributed by atoms with Crippen LogP contribution in [-0.4, -0.2) is 34.4 Å². The van der Waals surface area contributed by atoms with Crippen LogP contribution < -0.4 is 35.5 Å². The minimum absolute atomic E-state index is 0.132. The van der Waals surface area contributed by atoms with Gasteiger partial charge in [-0.1, -0.05) is 0 Å². The van der Waals surface area contributed by atoms with Crippen LogP contribution >= 0.6 is 0 Å². The van der Waals surface area contributed by atoms with Crippen LogP contribution in [-0.2, 0) is 0 Å². The molecule has 0 aliphatic carbocycles. The first-order valence-electron chi connectivity index (χ1n) is 13.9. The lowest BCUT2D eigenvalue weighted by molar-refractivity contribution is 0.213. The van der Waals surface area contributed by atoms with Crippen LogP contribution in [0.25, 0.3) is 16.6 Å². The van der Waals surface area contributed by atoms with Gasteiger partial charge in [-0.15, -0.1) is 0 Å². The largest absolute Gasteiger partial charge is 0.493 e. The van der Waals surface area contributed by atoms with Crippen LogP contribution in [0.3, 0.4) is 0 Å². The van der Waals surface area contributed by atoms with Crippen molar-refractivity contribution in [1.29, 1.82) is 0 Å². The summed E-state index contributed by atoms with van der Waals surface area (Å²) in [6.07, 6.45) is 1.87. The zero-order valence-electron chi connectivity index (χ0n) is 25.5. The number of aromatic nitrogens is 3. The zero-order chi connectivity index (χ0) is 32.4. The normalized spacial score (nSPS) is 11.0. The SMILES string of the molecule is COc1cc2nccc(Oc3c(C)cc(NC(=O)Oc4cn(C(C)C)c(=O)n(-c5ccc(F)cc5)c4=O)cc3C)c2cc1OC. The molecule has 45 heavy (non-hydrogen) atoms. The number of halogens is 1. The van der Waals surface area contributed by atoms with Crippen molar-refractivity contribution in [3.8, 4) is 34.4 Å². The van der Waals surface area contributed by atoms with Gasteiger partial charge >= 0.3 is 17.3 Å². The maximum atomic E-state index is 13.5. The third-order valence-corrected chi connectivity index (χ3v) is 7.05. The van der Waals surface area contributed by atoms with Crippen molar-refractivity contribution >= 4 is 22.7 Å². The number of benzene rings is 3. The smallest absolute Gasteiger partial charge is 0.417 e. The lowest BCUT2D eigenvalue weighted by Gasteiger charge is -2.17. The minimum atomic E-state index is -0.944. The number of hydrogen-bond acceptors (Lipinski definition) is 8. The van der Waals surface area contributed by atoms with Crippen LogP contribution in [0, 0.1) is 19.7 Å². The van der Waals surface area contributed by atoms with E-state index in [1.165, 1.54) is 22.9 Å². The Labute approximate surface area is 257 Å². The number of amides is 1. The van der Waals surface area contributed by atoms with Gasteiger partial charge in [0.1, 0.15) is 17.3 Å². The number of fused-ring (bicyclic) bond motifs is 1. The lowest BCUT2D eigenvalue weighted by atomic mass is 10.1. The second-order valence-electron chi connectivity index (χ2n) is 10.5. The average molecular weight is 615 g/mol. The molecule has 2 aromatic heterocycles. The fourth-order valence-corrected chi connectivity index (χ4v) is 4.88. The Balaban J connectivity index is 1.41. The van der Waals surface area contributed by atoms with Gasteiger partial charge in [-0.2, -0.15) is 0 Å². The molecule has 1 N–H and O–H groups in total. The molecular formula is C33H31FN4O7. The summed E-state index contributed by atoms with van der Waals surface area (Å²) >= 11 is 0. The summed E-state index contributed by atoms with van der Waals surface area (Å²) in [5, 5.41) is 3.35. The standard InChI is InChI=1S/C33H31FN4O7/c1-18(2)37-17-29(31(39)38(33(37)41)23-9-7-21(34)8-10-23)45-32(40)36-22-13-19(3)30(20(4)14-22)44-26-11-12-35-25-16-28(43-6)27(42-5)15-24(25)26/h7-18H,1-6H3,(H,36,40). The summed E-state index contributed by atoms with van der Waals surface area (Å²) in [7, 11) is 3.10. The number of ether oxygens (including phenoxy) is 4. The summed E-state index contributed by atoms with van der Waals surface area (Å²) in [5.41, 5.74) is 1.08. The number of nitrogens with one attached hydrogen (secondary N) is 1. The molecule has 0 fully saturated rings. The van der Waals surface area contributed by atoms with Gasteiger partial charge in [-0.05, 0) is 87.4 Å². The van der Waals surface area contributed by atoms with E-state index in [2.05, 4.69) is 10.3 Å². The quantitative estimate of drug-likeness (QED) is 0.216. The predicted molar refractivity (Wildman–Crippen MR) is 167 cm³/mol. The molecule has 0 unspecified atom stereocenters. The molecule has 0 radical (unpaired) electrons. The Bertz CT molecular complexity index is 2010. The molecule has 0 saturated heterocycles. The van der Waals surface area contributed by atoms with Crippen LogP contribution in [0.1, 0.15) is 31.0 Å². The highest BCUT2D eigenvalue weighted by atomic mass is 19.1. The molecule has 2 heterocycles. The van der Waals surface area contributed by atoms with E-state index >= 15 is 0 Å². The number of carbonyl (C=O) groups excluding carboxylic acids is 1. The summed E-state index contributed by atoms with van der Waals surface area (Å²) in [5.74, 6) is 1.28. The van der Waals surface area contributed by atoms with Crippen molar-refractivity contribution in [1.82, 2.24) is 14.1 Å². The molecule has 0 saturated carbocycles. The topological polar surface area (TPSA) is 123 Å². The number of carbonyl (C=O) groups is 1. The third-order valence-electron chi connectivity index (χ3n) is 7.05. The maximum absolute atomic E-state index is 13.5. The molecule has 1 amide bonds. The number of anilines is 1. The van der Waals surface area contributed by atoms with Gasteiger partial charge in [0.05, 0.1) is 31.6 Å². The van der Waals surface area contributed by atoms with Crippen molar-refractivity contribution in [2.75, 3.05) is 19.5 Å². The van der Waals surface area contributed by atoms with Crippen molar-refractivity contribution in [3.05, 3.63) is 105 Å². The number of pyridine rings is 1. The minimum Gasteiger partial charge on any atom is -0.493 e. The van der Waals surface area contributed by atoms with E-state index < -0.39 is 23.2 Å². The van der Waals surface area contributed by atoms with E-state index in [0.29, 0.717) is 50.7 Å². The molecule has 5 aromatic rings. The van der Waals surface area contributed by atoms with E-state index in [9.17, 15) is 18.8 Å². The Hall–Kier alpha value is -5.65. The third kappa shape index (κ3) is 6.21. The molecule has 3 aromatic carbocycles. The maximum Gasteiger partial charge on any atom is 0.417 e. The molecular weight excluding hydrogens is 583 g/mol. The highest BCUT2D eigenvalue weighted by Crippen LogP contribution is 2.39. The first-order valence-corrected chi connectivity index (χ1v) is 13.9. The van der Waals surface area contributed by atoms with Crippen LogP contribution in [0.15, 0.2) is 76.6 Å². The van der Waals surface area contributed by atoms with Crippen LogP contribution in [0.2, 0.25) is 0 Å². The number of nitrogens with zero attached hydrogens (tertiary/aromatic N) is 3. The summed E-state index contributed by atoms with van der Waals surface area (Å²) in [4.78, 5) is 43.7. The van der Waals surface area contributed by atoms with Gasteiger partial charge in [0, 0.05) is 29.4 Å². The summed E-state index contributed by atoms with van der Waals surface area (Å²) in [6, 6.07) is 13.2. The zero-order valence-corrected chi connectivity index (χ0v) is 25.5. The van der Waals surface area contributed by atoms with E-state index in [-0.39, 0.29) is 17.5 Å². The second-order valence-corrected chi connectivity index (χ2v) is 10.5. The Morgan fingerprint density at radius 3 is 2.16 bits per heavy atom. The fraction of sp³-hybridized carbons (Fsp3) is 0.212. The molecule has 11 nitrogen and oxygen atoms in total. The average Bonchev–Trinajstić information content (AvgIpc) is 3.00. The lowest BCUT2D eigenvalue weighted by Crippen LogP contribution is -2.40. The highest BCUT2D eigenvalue weighted by Gasteiger charge is 2.20. The summed E-state index contributed by atoms with van der Waals surface area (Å²) in [6.45, 7) is 7.13. The van der Waals surface area contributed by atoms with Gasteiger partial charge < -0.3 is 18.9 Å². The number of methoxy groups -OCH3 is 2. The molecule has 0 aliphatic heterocycles. The Morgan fingerprint density at radius 2 is 1.53 bits per heavy atom. The monoisotopic (exact) mass is 614 g/mol. The van der Waals surface area contributed by atoms with E-state index in [1.54, 1.807) is 64.6 Å². The predicted octanol–water partition coefficient (Wildman–Crippen LogP) is 6.30.